The Hall–Kier alpha value is -3.28. The summed E-state index contributed by atoms with van der Waals surface area (Å²) in [6.45, 7) is 2.79. The van der Waals surface area contributed by atoms with Crippen molar-refractivity contribution in [1.82, 2.24) is 10.2 Å². The molecule has 0 fully saturated rings. The van der Waals surface area contributed by atoms with Crippen molar-refractivity contribution in [1.29, 1.82) is 0 Å². The van der Waals surface area contributed by atoms with Gasteiger partial charge in [-0.25, -0.2) is 14.5 Å². The van der Waals surface area contributed by atoms with Crippen LogP contribution in [0.3, 0.4) is 0 Å². The van der Waals surface area contributed by atoms with Gasteiger partial charge in [0.2, 0.25) is 5.88 Å². The number of ether oxygens (including phenoxy) is 1. The molecular formula is C26H30FN3O2. The van der Waals surface area contributed by atoms with Crippen molar-refractivity contribution >= 4 is 5.91 Å². The van der Waals surface area contributed by atoms with Gasteiger partial charge in [-0.3, -0.25) is 4.79 Å². The van der Waals surface area contributed by atoms with Gasteiger partial charge in [-0.15, -0.1) is 0 Å². The van der Waals surface area contributed by atoms with Crippen LogP contribution in [-0.4, -0.2) is 22.7 Å². The van der Waals surface area contributed by atoms with Gasteiger partial charge in [-0.1, -0.05) is 81.5 Å². The summed E-state index contributed by atoms with van der Waals surface area (Å²) in [5.74, 6) is -0.185. The van der Waals surface area contributed by atoms with E-state index in [2.05, 4.69) is 22.1 Å². The third-order valence-corrected chi connectivity index (χ3v) is 5.10. The molecule has 6 heteroatoms. The zero-order valence-corrected chi connectivity index (χ0v) is 18.5. The highest BCUT2D eigenvalue weighted by molar-refractivity contribution is 5.80. The van der Waals surface area contributed by atoms with Crippen LogP contribution in [0.25, 0.3) is 11.3 Å². The molecule has 3 rings (SSSR count). The predicted molar refractivity (Wildman–Crippen MR) is 124 cm³/mol. The molecule has 0 aliphatic rings. The molecule has 1 amide bonds. The Morgan fingerprint density at radius 2 is 1.72 bits per heavy atom. The van der Waals surface area contributed by atoms with E-state index in [9.17, 15) is 9.18 Å². The summed E-state index contributed by atoms with van der Waals surface area (Å²) < 4.78 is 19.0. The molecule has 0 unspecified atom stereocenters. The Bertz CT molecular complexity index is 1050. The average molecular weight is 436 g/mol. The number of benzene rings is 2. The summed E-state index contributed by atoms with van der Waals surface area (Å²) in [4.78, 5) is 16.9. The minimum absolute atomic E-state index is 0.0844. The van der Waals surface area contributed by atoms with Gasteiger partial charge in [0, 0.05) is 11.6 Å². The Morgan fingerprint density at radius 1 is 1.00 bits per heavy atom. The fourth-order valence-corrected chi connectivity index (χ4v) is 3.38. The summed E-state index contributed by atoms with van der Waals surface area (Å²) in [7, 11) is 0. The maximum Gasteiger partial charge on any atom is 0.250 e. The largest absolute Gasteiger partial charge is 0.478 e. The summed E-state index contributed by atoms with van der Waals surface area (Å²) in [5.41, 5.74) is 2.13. The molecule has 5 nitrogen and oxygen atoms in total. The minimum atomic E-state index is -0.334. The maximum atomic E-state index is 13.1. The number of aromatic amines is 1. The zero-order chi connectivity index (χ0) is 22.6. The molecule has 0 spiro atoms. The molecule has 0 bridgehead atoms. The Kier molecular flexibility index (Phi) is 9.17. The smallest absolute Gasteiger partial charge is 0.250 e. The van der Waals surface area contributed by atoms with Crippen LogP contribution < -0.4 is 10.1 Å². The molecule has 0 aliphatic heterocycles. The summed E-state index contributed by atoms with van der Waals surface area (Å²) in [6, 6.07) is 17.1. The molecule has 0 radical (unpaired) electrons. The van der Waals surface area contributed by atoms with Crippen molar-refractivity contribution in [3.63, 3.8) is 0 Å². The number of unbranched alkanes of at least 4 members (excludes halogenated alkanes) is 5. The number of halogens is 1. The molecule has 0 atom stereocenters. The van der Waals surface area contributed by atoms with E-state index in [0.29, 0.717) is 29.1 Å². The quantitative estimate of drug-likeness (QED) is 0.397. The lowest BCUT2D eigenvalue weighted by atomic mass is 10.1. The number of amides is 1. The number of hydrogen-bond donors (Lipinski definition) is 1. The van der Waals surface area contributed by atoms with Gasteiger partial charge in [-0.2, -0.15) is 5.10 Å². The lowest BCUT2D eigenvalue weighted by molar-refractivity contribution is -0.117. The second kappa shape index (κ2) is 12.5. The van der Waals surface area contributed by atoms with E-state index in [-0.39, 0.29) is 18.1 Å². The predicted octanol–water partition coefficient (Wildman–Crippen LogP) is 5.63. The molecule has 168 valence electrons. The third-order valence-electron chi connectivity index (χ3n) is 5.10. The van der Waals surface area contributed by atoms with Gasteiger partial charge >= 0.3 is 0 Å². The molecule has 1 N–H and O–H groups in total. The molecule has 32 heavy (non-hydrogen) atoms. The highest BCUT2D eigenvalue weighted by Crippen LogP contribution is 2.14. The van der Waals surface area contributed by atoms with E-state index < -0.39 is 0 Å². The third kappa shape index (κ3) is 7.45. The maximum absolute atomic E-state index is 13.1. The van der Waals surface area contributed by atoms with E-state index in [1.165, 1.54) is 37.8 Å². The Morgan fingerprint density at radius 3 is 2.47 bits per heavy atom. The van der Waals surface area contributed by atoms with Crippen molar-refractivity contribution in [2.24, 2.45) is 4.99 Å². The second-order valence-corrected chi connectivity index (χ2v) is 7.76. The second-order valence-electron chi connectivity index (χ2n) is 7.76. The lowest BCUT2D eigenvalue weighted by Crippen LogP contribution is -2.15. The standard InChI is InChI=1S/C26H30FN3O2/c1-2-3-4-5-6-10-17-32-25-19-23(26(30-29-25)21-11-8-7-9-12-21)28-24(31)18-20-13-15-22(27)16-14-20/h7-9,11-16,19H,2-6,10,17-18H2,1H3,(H,28,29,31). The number of carbonyl (C=O) groups is 1. The van der Waals surface area contributed by atoms with E-state index in [0.717, 1.165) is 18.4 Å². The molecule has 1 aromatic heterocycles. The first-order valence-electron chi connectivity index (χ1n) is 11.3. The van der Waals surface area contributed by atoms with Crippen molar-refractivity contribution in [2.75, 3.05) is 6.61 Å². The van der Waals surface area contributed by atoms with Crippen molar-refractivity contribution in [3.05, 3.63) is 77.4 Å². The van der Waals surface area contributed by atoms with E-state index in [1.54, 1.807) is 18.2 Å². The topological polar surface area (TPSA) is 67.3 Å². The van der Waals surface area contributed by atoms with Crippen molar-refractivity contribution < 1.29 is 13.9 Å². The number of nitrogens with zero attached hydrogens (tertiary/aromatic N) is 2. The van der Waals surface area contributed by atoms with Crippen LogP contribution in [0.2, 0.25) is 0 Å². The molecule has 1 heterocycles. The fraction of sp³-hybridized carbons (Fsp3) is 0.346. The average Bonchev–Trinajstić information content (AvgIpc) is 2.81. The first kappa shape index (κ1) is 23.4. The van der Waals surface area contributed by atoms with Crippen LogP contribution in [0.1, 0.15) is 51.0 Å². The first-order chi connectivity index (χ1) is 15.7. The van der Waals surface area contributed by atoms with Gasteiger partial charge < -0.3 is 4.74 Å². The highest BCUT2D eigenvalue weighted by atomic mass is 19.1. The lowest BCUT2D eigenvalue weighted by Gasteiger charge is -2.08. The number of aromatic nitrogens is 2. The van der Waals surface area contributed by atoms with Gasteiger partial charge in [0.25, 0.3) is 5.91 Å². The van der Waals surface area contributed by atoms with E-state index in [4.69, 9.17) is 4.74 Å². The number of hydrogen-bond acceptors (Lipinski definition) is 3. The van der Waals surface area contributed by atoms with Crippen LogP contribution in [0.15, 0.2) is 65.7 Å². The Balaban J connectivity index is 1.74. The van der Waals surface area contributed by atoms with Crippen LogP contribution in [0.5, 0.6) is 5.88 Å². The van der Waals surface area contributed by atoms with Crippen molar-refractivity contribution in [3.8, 4) is 17.1 Å². The molecule has 3 aromatic rings. The van der Waals surface area contributed by atoms with Crippen LogP contribution in [-0.2, 0) is 11.2 Å². The van der Waals surface area contributed by atoms with Crippen molar-refractivity contribution in [2.45, 2.75) is 51.9 Å². The minimum Gasteiger partial charge on any atom is -0.478 e. The number of H-pyrrole nitrogens is 1. The van der Waals surface area contributed by atoms with Crippen LogP contribution in [0.4, 0.5) is 4.39 Å². The Labute approximate surface area is 188 Å². The molecule has 2 aromatic carbocycles. The summed E-state index contributed by atoms with van der Waals surface area (Å²) >= 11 is 0. The van der Waals surface area contributed by atoms with Crippen LogP contribution in [0, 0.1) is 5.82 Å². The normalized spacial score (nSPS) is 11.5. The van der Waals surface area contributed by atoms with Gasteiger partial charge in [-0.05, 0) is 24.1 Å². The first-order valence-corrected chi connectivity index (χ1v) is 11.3. The molecule has 0 saturated heterocycles. The monoisotopic (exact) mass is 435 g/mol. The number of nitrogens with one attached hydrogen (secondary N) is 1. The van der Waals surface area contributed by atoms with E-state index >= 15 is 0 Å². The zero-order valence-electron chi connectivity index (χ0n) is 18.5. The SMILES string of the molecule is CCCCCCCCOc1cc(=NC(=O)Cc2ccc(F)cc2)c(-c2ccccc2)n[nH]1. The number of rotatable bonds is 11. The summed E-state index contributed by atoms with van der Waals surface area (Å²) in [6.07, 6.45) is 7.16. The van der Waals surface area contributed by atoms with Gasteiger partial charge in [0.15, 0.2) is 0 Å². The highest BCUT2D eigenvalue weighted by Gasteiger charge is 2.09. The summed E-state index contributed by atoms with van der Waals surface area (Å²) in [5, 5.41) is 7.79. The van der Waals surface area contributed by atoms with Gasteiger partial charge in [0.1, 0.15) is 16.9 Å². The molecular weight excluding hydrogens is 405 g/mol. The number of carbonyl (C=O) groups excluding carboxylic acids is 1. The van der Waals surface area contributed by atoms with Crippen LogP contribution >= 0.6 is 0 Å². The molecule has 0 saturated carbocycles. The molecule has 0 aliphatic carbocycles. The van der Waals surface area contributed by atoms with E-state index in [1.807, 2.05) is 30.3 Å². The fourth-order valence-electron chi connectivity index (χ4n) is 3.38. The van der Waals surface area contributed by atoms with Gasteiger partial charge in [0.05, 0.1) is 13.0 Å².